The van der Waals surface area contributed by atoms with Crippen molar-refractivity contribution in [1.29, 1.82) is 0 Å². The molecular formula is C8H3Cl2IN2. The molecule has 0 aliphatic carbocycles. The number of hydrogen-bond donors (Lipinski definition) is 0. The first kappa shape index (κ1) is 9.43. The standard InChI is InChI=1S/C8H3Cl2IN2/c9-4-1-7-6(2-5(4)11)12-3-8(10)13-7/h1-3H. The molecule has 1 aromatic carbocycles. The molecule has 0 bridgehead atoms. The third-order valence-corrected chi connectivity index (χ3v) is 3.26. The average molecular weight is 325 g/mol. The van der Waals surface area contributed by atoms with Gasteiger partial charge in [0, 0.05) is 3.57 Å². The fraction of sp³-hybridized carbons (Fsp3) is 0. The second kappa shape index (κ2) is 3.55. The van der Waals surface area contributed by atoms with E-state index in [1.165, 1.54) is 6.20 Å². The number of nitrogens with zero attached hydrogens (tertiary/aromatic N) is 2. The van der Waals surface area contributed by atoms with E-state index in [2.05, 4.69) is 32.6 Å². The highest BCUT2D eigenvalue weighted by molar-refractivity contribution is 14.1. The zero-order chi connectivity index (χ0) is 9.42. The Bertz CT molecular complexity index is 473. The summed E-state index contributed by atoms with van der Waals surface area (Å²) < 4.78 is 0.961. The summed E-state index contributed by atoms with van der Waals surface area (Å²) in [5, 5.41) is 1.05. The third-order valence-electron chi connectivity index (χ3n) is 1.55. The van der Waals surface area contributed by atoms with Gasteiger partial charge in [-0.15, -0.1) is 0 Å². The molecular weight excluding hydrogens is 322 g/mol. The van der Waals surface area contributed by atoms with E-state index in [1.807, 2.05) is 6.07 Å². The van der Waals surface area contributed by atoms with Crippen LogP contribution in [0, 0.1) is 3.57 Å². The van der Waals surface area contributed by atoms with E-state index in [-0.39, 0.29) is 0 Å². The summed E-state index contributed by atoms with van der Waals surface area (Å²) in [5.74, 6) is 0. The molecule has 0 saturated carbocycles. The molecule has 5 heteroatoms. The van der Waals surface area contributed by atoms with Crippen molar-refractivity contribution in [2.75, 3.05) is 0 Å². The predicted molar refractivity (Wildman–Crippen MR) is 62.3 cm³/mol. The number of hydrogen-bond acceptors (Lipinski definition) is 2. The Labute approximate surface area is 98.4 Å². The van der Waals surface area contributed by atoms with Gasteiger partial charge in [-0.05, 0) is 34.7 Å². The molecule has 0 saturated heterocycles. The fourth-order valence-corrected chi connectivity index (χ4v) is 1.73. The second-order valence-electron chi connectivity index (χ2n) is 2.45. The first-order valence-corrected chi connectivity index (χ1v) is 5.27. The molecule has 2 rings (SSSR count). The van der Waals surface area contributed by atoms with Crippen LogP contribution in [-0.4, -0.2) is 9.97 Å². The molecule has 1 heterocycles. The fourth-order valence-electron chi connectivity index (χ4n) is 0.986. The van der Waals surface area contributed by atoms with Gasteiger partial charge in [-0.2, -0.15) is 0 Å². The van der Waals surface area contributed by atoms with Crippen LogP contribution in [0.25, 0.3) is 11.0 Å². The van der Waals surface area contributed by atoms with Gasteiger partial charge < -0.3 is 0 Å². The molecule has 13 heavy (non-hydrogen) atoms. The lowest BCUT2D eigenvalue weighted by Crippen LogP contribution is -1.85. The van der Waals surface area contributed by atoms with E-state index < -0.39 is 0 Å². The molecule has 1 aromatic heterocycles. The van der Waals surface area contributed by atoms with E-state index in [0.29, 0.717) is 10.2 Å². The Hall–Kier alpha value is -0.130. The van der Waals surface area contributed by atoms with Crippen LogP contribution in [0.5, 0.6) is 0 Å². The van der Waals surface area contributed by atoms with Crippen LogP contribution < -0.4 is 0 Å². The van der Waals surface area contributed by atoms with Gasteiger partial charge in [0.15, 0.2) is 0 Å². The molecule has 2 aromatic rings. The molecule has 0 atom stereocenters. The number of halogens is 3. The summed E-state index contributed by atoms with van der Waals surface area (Å²) in [7, 11) is 0. The topological polar surface area (TPSA) is 25.8 Å². The van der Waals surface area contributed by atoms with Crippen LogP contribution in [-0.2, 0) is 0 Å². The van der Waals surface area contributed by atoms with Crippen molar-refractivity contribution < 1.29 is 0 Å². The summed E-state index contributed by atoms with van der Waals surface area (Å²) in [6, 6.07) is 3.64. The number of benzene rings is 1. The molecule has 0 N–H and O–H groups in total. The normalized spacial score (nSPS) is 10.7. The molecule has 0 unspecified atom stereocenters. The highest BCUT2D eigenvalue weighted by Gasteiger charge is 2.02. The van der Waals surface area contributed by atoms with Gasteiger partial charge in [0.05, 0.1) is 22.3 Å². The van der Waals surface area contributed by atoms with Gasteiger partial charge in [0.25, 0.3) is 0 Å². The SMILES string of the molecule is Clc1cnc2cc(I)c(Cl)cc2n1. The van der Waals surface area contributed by atoms with Gasteiger partial charge in [-0.1, -0.05) is 23.2 Å². The maximum atomic E-state index is 5.92. The summed E-state index contributed by atoms with van der Waals surface area (Å²) in [5.41, 5.74) is 1.52. The van der Waals surface area contributed by atoms with Crippen molar-refractivity contribution in [3.8, 4) is 0 Å². The molecule has 2 nitrogen and oxygen atoms in total. The Morgan fingerprint density at radius 1 is 1.15 bits per heavy atom. The van der Waals surface area contributed by atoms with Gasteiger partial charge in [-0.3, -0.25) is 4.98 Å². The van der Waals surface area contributed by atoms with Crippen molar-refractivity contribution in [2.24, 2.45) is 0 Å². The first-order valence-electron chi connectivity index (χ1n) is 3.44. The minimum Gasteiger partial charge on any atom is -0.251 e. The quantitative estimate of drug-likeness (QED) is 0.693. The monoisotopic (exact) mass is 324 g/mol. The first-order chi connectivity index (χ1) is 6.16. The zero-order valence-electron chi connectivity index (χ0n) is 6.26. The minimum atomic E-state index is 0.379. The molecule has 0 aliphatic rings. The summed E-state index contributed by atoms with van der Waals surface area (Å²) >= 11 is 13.8. The maximum absolute atomic E-state index is 5.92. The lowest BCUT2D eigenvalue weighted by molar-refractivity contribution is 1.29. The number of aromatic nitrogens is 2. The molecule has 0 fully saturated rings. The molecule has 0 amide bonds. The molecule has 0 spiro atoms. The zero-order valence-corrected chi connectivity index (χ0v) is 9.93. The van der Waals surface area contributed by atoms with Gasteiger partial charge >= 0.3 is 0 Å². The van der Waals surface area contributed by atoms with Crippen molar-refractivity contribution >= 4 is 56.8 Å². The van der Waals surface area contributed by atoms with Crippen molar-refractivity contribution in [2.45, 2.75) is 0 Å². The third kappa shape index (κ3) is 1.87. The highest BCUT2D eigenvalue weighted by atomic mass is 127. The largest absolute Gasteiger partial charge is 0.251 e. The van der Waals surface area contributed by atoms with E-state index in [9.17, 15) is 0 Å². The lowest BCUT2D eigenvalue weighted by Gasteiger charge is -1.99. The van der Waals surface area contributed by atoms with Crippen LogP contribution >= 0.6 is 45.8 Å². The Balaban J connectivity index is 2.81. The van der Waals surface area contributed by atoms with Crippen LogP contribution in [0.15, 0.2) is 18.3 Å². The minimum absolute atomic E-state index is 0.379. The summed E-state index contributed by atoms with van der Waals surface area (Å²) in [4.78, 5) is 8.22. The highest BCUT2D eigenvalue weighted by Crippen LogP contribution is 2.23. The van der Waals surface area contributed by atoms with Gasteiger partial charge in [0.1, 0.15) is 5.15 Å². The smallest absolute Gasteiger partial charge is 0.148 e. The van der Waals surface area contributed by atoms with Crippen molar-refractivity contribution in [1.82, 2.24) is 9.97 Å². The Kier molecular flexibility index (Phi) is 2.58. The Morgan fingerprint density at radius 2 is 1.92 bits per heavy atom. The average Bonchev–Trinajstić information content (AvgIpc) is 2.08. The Morgan fingerprint density at radius 3 is 2.69 bits per heavy atom. The van der Waals surface area contributed by atoms with Crippen LogP contribution in [0.3, 0.4) is 0 Å². The van der Waals surface area contributed by atoms with Crippen LogP contribution in [0.2, 0.25) is 10.2 Å². The van der Waals surface area contributed by atoms with Crippen molar-refractivity contribution in [3.63, 3.8) is 0 Å². The molecule has 0 radical (unpaired) electrons. The molecule has 0 aliphatic heterocycles. The van der Waals surface area contributed by atoms with Gasteiger partial charge in [0.2, 0.25) is 0 Å². The van der Waals surface area contributed by atoms with E-state index in [1.54, 1.807) is 6.07 Å². The maximum Gasteiger partial charge on any atom is 0.148 e. The number of rotatable bonds is 0. The lowest BCUT2D eigenvalue weighted by atomic mass is 10.3. The van der Waals surface area contributed by atoms with Crippen LogP contribution in [0.1, 0.15) is 0 Å². The number of fused-ring (bicyclic) bond motifs is 1. The van der Waals surface area contributed by atoms with E-state index >= 15 is 0 Å². The van der Waals surface area contributed by atoms with E-state index in [0.717, 1.165) is 14.6 Å². The molecule has 66 valence electrons. The van der Waals surface area contributed by atoms with Gasteiger partial charge in [-0.25, -0.2) is 4.98 Å². The van der Waals surface area contributed by atoms with Crippen molar-refractivity contribution in [3.05, 3.63) is 32.1 Å². The second-order valence-corrected chi connectivity index (χ2v) is 4.40. The summed E-state index contributed by atoms with van der Waals surface area (Å²) in [6.07, 6.45) is 1.52. The van der Waals surface area contributed by atoms with E-state index in [4.69, 9.17) is 23.2 Å². The predicted octanol–water partition coefficient (Wildman–Crippen LogP) is 3.54. The summed E-state index contributed by atoms with van der Waals surface area (Å²) in [6.45, 7) is 0. The van der Waals surface area contributed by atoms with Crippen LogP contribution in [0.4, 0.5) is 0 Å².